The Bertz CT molecular complexity index is 813. The molecule has 5 heteroatoms. The minimum atomic E-state index is -3.74. The minimum absolute atomic E-state index is 0.0603. The zero-order chi connectivity index (χ0) is 47.4. The molecule has 3 unspecified atom stereocenters. The molecule has 0 fully saturated rings. The Morgan fingerprint density at radius 3 is 0.523 bits per heavy atom. The Morgan fingerprint density at radius 1 is 0.215 bits per heavy atom. The highest BCUT2D eigenvalue weighted by Crippen LogP contribution is 2.55. The van der Waals surface area contributed by atoms with Crippen molar-refractivity contribution in [2.45, 2.75) is 387 Å². The van der Waals surface area contributed by atoms with Crippen LogP contribution >= 0.6 is 7.82 Å². The Kier molecular flexibility index (Phi) is 53.6. The van der Waals surface area contributed by atoms with Crippen molar-refractivity contribution in [3.63, 3.8) is 0 Å². The van der Waals surface area contributed by atoms with E-state index < -0.39 is 7.82 Å². The fourth-order valence-electron chi connectivity index (χ4n) is 10.0. The van der Waals surface area contributed by atoms with E-state index in [1.54, 1.807) is 0 Å². The van der Waals surface area contributed by atoms with Crippen molar-refractivity contribution < 1.29 is 18.1 Å². The number of hydrogen-bond acceptors (Lipinski definition) is 4. The summed E-state index contributed by atoms with van der Waals surface area (Å²) < 4.78 is 35.2. The summed E-state index contributed by atoms with van der Waals surface area (Å²) in [6, 6.07) is 0. The van der Waals surface area contributed by atoms with Gasteiger partial charge in [0.25, 0.3) is 0 Å². The van der Waals surface area contributed by atoms with Crippen molar-refractivity contribution in [1.82, 2.24) is 0 Å². The molecule has 0 N–H and O–H groups in total. The molecule has 0 saturated carbocycles. The predicted molar refractivity (Wildman–Crippen MR) is 292 cm³/mol. The number of rotatable bonds is 57. The van der Waals surface area contributed by atoms with Gasteiger partial charge in [0, 0.05) is 0 Å². The molecular weight excluding hydrogens is 816 g/mol. The molecular formula is C60H123O4P. The molecule has 0 saturated heterocycles. The normalized spacial score (nSPS) is 14.2. The van der Waals surface area contributed by atoms with E-state index in [0.29, 0.717) is 0 Å². The van der Waals surface area contributed by atoms with Crippen LogP contribution in [0.5, 0.6) is 0 Å². The van der Waals surface area contributed by atoms with Gasteiger partial charge in [-0.2, -0.15) is 0 Å². The number of hydrogen-bond donors (Lipinski definition) is 0. The molecule has 3 atom stereocenters. The quantitative estimate of drug-likeness (QED) is 0.0450. The third-order valence-corrected chi connectivity index (χ3v) is 16.0. The average Bonchev–Trinajstić information content (AvgIpc) is 3.29. The minimum Gasteiger partial charge on any atom is -0.284 e. The fourth-order valence-corrected chi connectivity index (χ4v) is 11.9. The van der Waals surface area contributed by atoms with Gasteiger partial charge in [0.15, 0.2) is 0 Å². The molecule has 0 aliphatic carbocycles. The van der Waals surface area contributed by atoms with Gasteiger partial charge in [-0.25, -0.2) is 4.57 Å². The SMILES string of the molecule is CCCCCCCCCCCCCCCCC(CCC)OP(=O)(OC(CCC)CCCCCCCCCCCCCCCC)OC(CCC)CCCCCCCCCCCCCCCC. The molecule has 0 aromatic rings. The van der Waals surface area contributed by atoms with Gasteiger partial charge >= 0.3 is 7.82 Å². The standard InChI is InChI=1S/C60H123O4P/c1-7-13-16-19-22-25-28-31-34-37-40-43-46-49-55-58(52-10-4)62-65(61,63-59(53-11-5)56-50-47-44-41-38-35-32-29-26-23-20-17-14-8-2)64-60(54-12-6)57-51-48-45-42-39-36-33-30-27-24-21-18-15-9-3/h58-60H,7-57H2,1-6H3. The van der Waals surface area contributed by atoms with Crippen molar-refractivity contribution in [3.05, 3.63) is 0 Å². The largest absolute Gasteiger partial charge is 0.475 e. The van der Waals surface area contributed by atoms with Crippen molar-refractivity contribution in [2.24, 2.45) is 0 Å². The van der Waals surface area contributed by atoms with Crippen LogP contribution in [-0.2, 0) is 18.1 Å². The van der Waals surface area contributed by atoms with Crippen LogP contribution < -0.4 is 0 Å². The van der Waals surface area contributed by atoms with Crippen LogP contribution in [0.2, 0.25) is 0 Å². The van der Waals surface area contributed by atoms with Crippen molar-refractivity contribution in [1.29, 1.82) is 0 Å². The first-order valence-corrected chi connectivity index (χ1v) is 32.1. The molecule has 0 bridgehead atoms. The molecule has 0 radical (unpaired) electrons. The predicted octanol–water partition coefficient (Wildman–Crippen LogP) is 23.3. The zero-order valence-corrected chi connectivity index (χ0v) is 46.8. The first-order chi connectivity index (χ1) is 32.0. The number of phosphoric ester groups is 1. The summed E-state index contributed by atoms with van der Waals surface area (Å²) in [6.07, 6.45) is 65.8. The molecule has 0 rings (SSSR count). The highest BCUT2D eigenvalue weighted by atomic mass is 31.2. The van der Waals surface area contributed by atoms with E-state index in [1.807, 2.05) is 0 Å². The van der Waals surface area contributed by atoms with Gasteiger partial charge in [-0.15, -0.1) is 0 Å². The second-order valence-corrected chi connectivity index (χ2v) is 22.7. The molecule has 0 amide bonds. The van der Waals surface area contributed by atoms with Crippen LogP contribution in [0.15, 0.2) is 0 Å². The van der Waals surface area contributed by atoms with E-state index in [0.717, 1.165) is 77.0 Å². The first-order valence-electron chi connectivity index (χ1n) is 30.6. The highest BCUT2D eigenvalue weighted by Gasteiger charge is 2.36. The Labute approximate surface area is 411 Å². The van der Waals surface area contributed by atoms with E-state index in [9.17, 15) is 0 Å². The molecule has 0 aliphatic rings. The second kappa shape index (κ2) is 53.5. The lowest BCUT2D eigenvalue weighted by atomic mass is 10.0. The van der Waals surface area contributed by atoms with E-state index in [4.69, 9.17) is 13.6 Å². The fraction of sp³-hybridized carbons (Fsp3) is 1.00. The van der Waals surface area contributed by atoms with Crippen molar-refractivity contribution >= 4 is 7.82 Å². The van der Waals surface area contributed by atoms with Crippen molar-refractivity contribution in [3.8, 4) is 0 Å². The Morgan fingerprint density at radius 2 is 0.369 bits per heavy atom. The zero-order valence-electron chi connectivity index (χ0n) is 45.9. The van der Waals surface area contributed by atoms with Crippen LogP contribution in [-0.4, -0.2) is 18.3 Å². The number of unbranched alkanes of at least 4 members (excludes halogenated alkanes) is 39. The van der Waals surface area contributed by atoms with E-state index in [-0.39, 0.29) is 18.3 Å². The van der Waals surface area contributed by atoms with Gasteiger partial charge in [-0.1, -0.05) is 330 Å². The highest BCUT2D eigenvalue weighted by molar-refractivity contribution is 7.48. The van der Waals surface area contributed by atoms with E-state index in [1.165, 1.54) is 250 Å². The van der Waals surface area contributed by atoms with Crippen LogP contribution in [0, 0.1) is 0 Å². The van der Waals surface area contributed by atoms with Crippen molar-refractivity contribution in [2.75, 3.05) is 0 Å². The third kappa shape index (κ3) is 47.6. The molecule has 392 valence electrons. The lowest BCUT2D eigenvalue weighted by molar-refractivity contribution is 0.0168. The summed E-state index contributed by atoms with van der Waals surface area (Å²) >= 11 is 0. The summed E-state index contributed by atoms with van der Waals surface area (Å²) in [5.41, 5.74) is 0. The maximum atomic E-state index is 15.0. The third-order valence-electron chi connectivity index (χ3n) is 14.3. The average molecular weight is 940 g/mol. The summed E-state index contributed by atoms with van der Waals surface area (Å²) in [5.74, 6) is 0. The van der Waals surface area contributed by atoms with Crippen LogP contribution in [0.3, 0.4) is 0 Å². The summed E-state index contributed by atoms with van der Waals surface area (Å²) in [6.45, 7) is 13.6. The van der Waals surface area contributed by atoms with Gasteiger partial charge in [0.05, 0.1) is 18.3 Å². The van der Waals surface area contributed by atoms with Gasteiger partial charge in [-0.05, 0) is 38.5 Å². The smallest absolute Gasteiger partial charge is 0.284 e. The molecule has 0 aromatic carbocycles. The molecule has 0 heterocycles. The summed E-state index contributed by atoms with van der Waals surface area (Å²) in [4.78, 5) is 0. The lowest BCUT2D eigenvalue weighted by Crippen LogP contribution is -2.22. The summed E-state index contributed by atoms with van der Waals surface area (Å²) in [5, 5.41) is 0. The second-order valence-electron chi connectivity index (χ2n) is 21.2. The lowest BCUT2D eigenvalue weighted by Gasteiger charge is -2.30. The Hall–Kier alpha value is 0.110. The molecule has 0 aromatic heterocycles. The van der Waals surface area contributed by atoms with E-state index >= 15 is 4.57 Å². The van der Waals surface area contributed by atoms with Crippen LogP contribution in [0.4, 0.5) is 0 Å². The van der Waals surface area contributed by atoms with Gasteiger partial charge in [0.2, 0.25) is 0 Å². The maximum absolute atomic E-state index is 15.0. The Balaban J connectivity index is 5.09. The monoisotopic (exact) mass is 939 g/mol. The molecule has 4 nitrogen and oxygen atoms in total. The maximum Gasteiger partial charge on any atom is 0.475 e. The molecule has 0 aliphatic heterocycles. The molecule has 65 heavy (non-hydrogen) atoms. The number of phosphoric acid groups is 1. The molecule has 0 spiro atoms. The van der Waals surface area contributed by atoms with Gasteiger partial charge in [0.1, 0.15) is 0 Å². The van der Waals surface area contributed by atoms with E-state index in [2.05, 4.69) is 41.5 Å². The van der Waals surface area contributed by atoms with Crippen LogP contribution in [0.1, 0.15) is 369 Å². The van der Waals surface area contributed by atoms with Gasteiger partial charge < -0.3 is 0 Å². The first kappa shape index (κ1) is 65.1. The topological polar surface area (TPSA) is 44.8 Å². The van der Waals surface area contributed by atoms with Gasteiger partial charge in [-0.3, -0.25) is 13.6 Å². The summed E-state index contributed by atoms with van der Waals surface area (Å²) in [7, 11) is -3.74. The van der Waals surface area contributed by atoms with Crippen LogP contribution in [0.25, 0.3) is 0 Å².